The van der Waals surface area contributed by atoms with Crippen molar-refractivity contribution in [3.05, 3.63) is 46.8 Å². The van der Waals surface area contributed by atoms with Crippen molar-refractivity contribution in [3.63, 3.8) is 0 Å². The molecule has 0 radical (unpaired) electrons. The molecule has 8 heteroatoms. The first-order valence-electron chi connectivity index (χ1n) is 15.6. The summed E-state index contributed by atoms with van der Waals surface area (Å²) in [5.41, 5.74) is 5.04. The number of ether oxygens (including phenoxy) is 2. The second-order valence-electron chi connectivity index (χ2n) is 12.7. The van der Waals surface area contributed by atoms with Crippen LogP contribution in [0.15, 0.2) is 24.3 Å². The van der Waals surface area contributed by atoms with E-state index in [1.165, 1.54) is 22.6 Å². The summed E-state index contributed by atoms with van der Waals surface area (Å²) in [6.07, 6.45) is 2.23. The fourth-order valence-corrected chi connectivity index (χ4v) is 6.83. The molecule has 4 fully saturated rings. The lowest BCUT2D eigenvalue weighted by Crippen LogP contribution is -2.57. The third-order valence-corrected chi connectivity index (χ3v) is 9.28. The number of piperazine rings is 2. The lowest BCUT2D eigenvalue weighted by molar-refractivity contribution is 0.0820. The van der Waals surface area contributed by atoms with E-state index in [-0.39, 0.29) is 12.1 Å². The van der Waals surface area contributed by atoms with Crippen LogP contribution in [0.5, 0.6) is 0 Å². The summed E-state index contributed by atoms with van der Waals surface area (Å²) < 4.78 is 12.5. The van der Waals surface area contributed by atoms with E-state index in [2.05, 4.69) is 72.4 Å². The van der Waals surface area contributed by atoms with Gasteiger partial charge >= 0.3 is 0 Å². The van der Waals surface area contributed by atoms with Crippen molar-refractivity contribution >= 4 is 11.6 Å². The van der Waals surface area contributed by atoms with Gasteiger partial charge < -0.3 is 29.9 Å². The molecule has 4 aliphatic heterocycles. The number of anilines is 2. The van der Waals surface area contributed by atoms with Gasteiger partial charge in [0.15, 0.2) is 0 Å². The van der Waals surface area contributed by atoms with Gasteiger partial charge in [-0.1, -0.05) is 39.8 Å². The van der Waals surface area contributed by atoms with Crippen molar-refractivity contribution in [2.24, 2.45) is 0 Å². The Morgan fingerprint density at radius 3 is 2.15 bits per heavy atom. The summed E-state index contributed by atoms with van der Waals surface area (Å²) in [5.74, 6) is 3.92. The van der Waals surface area contributed by atoms with Gasteiger partial charge in [0.1, 0.15) is 11.6 Å². The number of aromatic nitrogens is 2. The molecule has 218 valence electrons. The minimum atomic E-state index is 0.149. The average Bonchev–Trinajstić information content (AvgIpc) is 3.70. The number of pyridine rings is 2. The molecule has 2 N–H and O–H groups in total. The first-order chi connectivity index (χ1) is 19.5. The number of nitrogens with zero attached hydrogens (tertiary/aromatic N) is 4. The number of hydrogen-bond acceptors (Lipinski definition) is 8. The van der Waals surface area contributed by atoms with Gasteiger partial charge in [-0.25, -0.2) is 9.97 Å². The predicted molar refractivity (Wildman–Crippen MR) is 161 cm³/mol. The van der Waals surface area contributed by atoms with Crippen molar-refractivity contribution in [1.82, 2.24) is 20.6 Å². The second kappa shape index (κ2) is 12.3. The molecule has 6 heterocycles. The van der Waals surface area contributed by atoms with Crippen molar-refractivity contribution in [1.29, 1.82) is 0 Å². The van der Waals surface area contributed by atoms with E-state index in [1.807, 2.05) is 0 Å². The molecule has 6 rings (SSSR count). The van der Waals surface area contributed by atoms with Gasteiger partial charge in [0.05, 0.1) is 25.4 Å². The highest BCUT2D eigenvalue weighted by molar-refractivity contribution is 5.53. The highest BCUT2D eigenvalue weighted by atomic mass is 16.5. The monoisotopic (exact) mass is 548 g/mol. The topological polar surface area (TPSA) is 74.8 Å². The van der Waals surface area contributed by atoms with E-state index in [0.29, 0.717) is 23.7 Å². The number of hydrogen-bond donors (Lipinski definition) is 2. The highest BCUT2D eigenvalue weighted by Crippen LogP contribution is 2.40. The van der Waals surface area contributed by atoms with Crippen LogP contribution in [-0.2, 0) is 9.47 Å². The van der Waals surface area contributed by atoms with Crippen LogP contribution < -0.4 is 20.4 Å². The van der Waals surface area contributed by atoms with Gasteiger partial charge in [-0.05, 0) is 36.8 Å². The molecule has 4 atom stereocenters. The largest absolute Gasteiger partial charge is 0.381 e. The molecule has 8 nitrogen and oxygen atoms in total. The third kappa shape index (κ3) is 5.73. The van der Waals surface area contributed by atoms with Gasteiger partial charge in [-0.3, -0.25) is 0 Å². The van der Waals surface area contributed by atoms with Gasteiger partial charge in [-0.15, -0.1) is 0 Å². The molecule has 3 unspecified atom stereocenters. The maximum absolute atomic E-state index is 6.68. The number of nitrogens with one attached hydrogen (secondary N) is 2. The van der Waals surface area contributed by atoms with E-state index >= 15 is 0 Å². The normalized spacial score (nSPS) is 27.8. The Hall–Kier alpha value is -2.26. The van der Waals surface area contributed by atoms with Crippen molar-refractivity contribution in [2.75, 3.05) is 75.4 Å². The maximum atomic E-state index is 6.68. The van der Waals surface area contributed by atoms with Crippen LogP contribution in [-0.4, -0.2) is 87.7 Å². The Labute approximate surface area is 240 Å². The van der Waals surface area contributed by atoms with Crippen LogP contribution in [0, 0.1) is 0 Å². The molecule has 0 saturated carbocycles. The molecule has 2 aromatic heterocycles. The summed E-state index contributed by atoms with van der Waals surface area (Å²) in [6.45, 7) is 18.2. The molecule has 0 amide bonds. The first kappa shape index (κ1) is 27.9. The van der Waals surface area contributed by atoms with Gasteiger partial charge in [0.2, 0.25) is 0 Å². The number of rotatable bonds is 7. The highest BCUT2D eigenvalue weighted by Gasteiger charge is 2.40. The standard InChI is InChI=1S/C32H48N6O2/c1-21(2)27-8-6-26(31(35-27)37-13-10-33-11-14-37)24-17-30(40-20-24)29-18-34-12-15-38(29)32-25(23-9-16-39-19-23)5-7-28(36-32)22(3)4/h5-8,21-24,29-30,33-34H,9-20H2,1-4H3/t23-,24?,29?,30?/m0/s1. The predicted octanol–water partition coefficient (Wildman–Crippen LogP) is 3.99. The molecule has 4 saturated heterocycles. The lowest BCUT2D eigenvalue weighted by Gasteiger charge is -2.41. The minimum absolute atomic E-state index is 0.149. The lowest BCUT2D eigenvalue weighted by atomic mass is 9.91. The summed E-state index contributed by atoms with van der Waals surface area (Å²) in [7, 11) is 0. The Balaban J connectivity index is 1.28. The fraction of sp³-hybridized carbons (Fsp3) is 0.688. The van der Waals surface area contributed by atoms with Gasteiger partial charge in [0.25, 0.3) is 0 Å². The zero-order valence-electron chi connectivity index (χ0n) is 24.9. The molecular formula is C32H48N6O2. The average molecular weight is 549 g/mol. The SMILES string of the molecule is CC(C)c1ccc(C2COC(C3CNCCN3c3nc(C(C)C)ccc3[C@H]3CCOC3)C2)c(N2CCNCC2)n1. The zero-order chi connectivity index (χ0) is 27.6. The molecule has 0 bridgehead atoms. The fourth-order valence-electron chi connectivity index (χ4n) is 6.83. The Kier molecular flexibility index (Phi) is 8.58. The van der Waals surface area contributed by atoms with Crippen LogP contribution in [0.2, 0.25) is 0 Å². The summed E-state index contributed by atoms with van der Waals surface area (Å²) in [4.78, 5) is 15.6. The van der Waals surface area contributed by atoms with Crippen molar-refractivity contribution in [2.45, 2.75) is 76.4 Å². The zero-order valence-corrected chi connectivity index (χ0v) is 24.9. The summed E-state index contributed by atoms with van der Waals surface area (Å²) in [5, 5.41) is 7.17. The van der Waals surface area contributed by atoms with Crippen molar-refractivity contribution < 1.29 is 9.47 Å². The minimum Gasteiger partial charge on any atom is -0.381 e. The molecule has 40 heavy (non-hydrogen) atoms. The van der Waals surface area contributed by atoms with Crippen molar-refractivity contribution in [3.8, 4) is 0 Å². The quantitative estimate of drug-likeness (QED) is 0.538. The summed E-state index contributed by atoms with van der Waals surface area (Å²) >= 11 is 0. The summed E-state index contributed by atoms with van der Waals surface area (Å²) in [6, 6.07) is 9.40. The van der Waals surface area contributed by atoms with E-state index < -0.39 is 0 Å². The van der Waals surface area contributed by atoms with E-state index in [4.69, 9.17) is 19.4 Å². The Bertz CT molecular complexity index is 1140. The van der Waals surface area contributed by atoms with E-state index in [0.717, 1.165) is 90.0 Å². The first-order valence-corrected chi connectivity index (χ1v) is 15.6. The smallest absolute Gasteiger partial charge is 0.132 e. The molecule has 2 aromatic rings. The second-order valence-corrected chi connectivity index (χ2v) is 12.7. The van der Waals surface area contributed by atoms with E-state index in [1.54, 1.807) is 0 Å². The molecule has 0 spiro atoms. The van der Waals surface area contributed by atoms with Crippen LogP contribution in [0.3, 0.4) is 0 Å². The van der Waals surface area contributed by atoms with Crippen LogP contribution in [0.25, 0.3) is 0 Å². The maximum Gasteiger partial charge on any atom is 0.132 e. The third-order valence-electron chi connectivity index (χ3n) is 9.28. The van der Waals surface area contributed by atoms with E-state index in [9.17, 15) is 0 Å². The van der Waals surface area contributed by atoms with Crippen LogP contribution in [0.4, 0.5) is 11.6 Å². The molecule has 0 aliphatic carbocycles. The Morgan fingerprint density at radius 2 is 1.48 bits per heavy atom. The van der Waals surface area contributed by atoms with Gasteiger partial charge in [0, 0.05) is 86.8 Å². The van der Waals surface area contributed by atoms with Crippen LogP contribution in [0.1, 0.15) is 86.7 Å². The molecule has 0 aromatic carbocycles. The van der Waals surface area contributed by atoms with Gasteiger partial charge in [-0.2, -0.15) is 0 Å². The molecule has 4 aliphatic rings. The molecular weight excluding hydrogens is 500 g/mol. The van der Waals surface area contributed by atoms with Crippen LogP contribution >= 0.6 is 0 Å². The Morgan fingerprint density at radius 1 is 0.800 bits per heavy atom.